The highest BCUT2D eigenvalue weighted by Gasteiger charge is 2.29. The Morgan fingerprint density at radius 1 is 1.33 bits per heavy atom. The van der Waals surface area contributed by atoms with Crippen LogP contribution in [0.3, 0.4) is 0 Å². The molecule has 3 aromatic rings. The number of fused-ring (bicyclic) bond motifs is 1. The number of benzene rings is 1. The molecule has 7 nitrogen and oxygen atoms in total. The summed E-state index contributed by atoms with van der Waals surface area (Å²) in [5.41, 5.74) is 1.63. The van der Waals surface area contributed by atoms with Gasteiger partial charge in [0.2, 0.25) is 0 Å². The third-order valence-corrected chi connectivity index (χ3v) is 6.70. The lowest BCUT2D eigenvalue weighted by atomic mass is 10.0. The maximum absolute atomic E-state index is 14.4. The first kappa shape index (κ1) is 20.4. The van der Waals surface area contributed by atoms with Crippen molar-refractivity contribution in [1.82, 2.24) is 14.8 Å². The number of thiophene rings is 1. The van der Waals surface area contributed by atoms with Gasteiger partial charge in [-0.1, -0.05) is 0 Å². The van der Waals surface area contributed by atoms with E-state index in [1.54, 1.807) is 18.3 Å². The second kappa shape index (κ2) is 8.08. The number of nitro groups is 1. The number of likely N-dealkylation sites (N-methyl/N-ethyl adjacent to an activating group) is 1. The minimum Gasteiger partial charge on any atom is -0.336 e. The predicted molar refractivity (Wildman–Crippen MR) is 113 cm³/mol. The molecule has 0 spiro atoms. The largest absolute Gasteiger partial charge is 0.336 e. The molecule has 1 amide bonds. The molecule has 2 aromatic heterocycles. The first-order valence-electron chi connectivity index (χ1n) is 9.59. The Morgan fingerprint density at radius 3 is 2.80 bits per heavy atom. The molecule has 156 valence electrons. The van der Waals surface area contributed by atoms with Crippen molar-refractivity contribution >= 4 is 33.1 Å². The summed E-state index contributed by atoms with van der Waals surface area (Å²) in [4.78, 5) is 32.2. The Bertz CT molecular complexity index is 1130. The molecule has 4 rings (SSSR count). The van der Waals surface area contributed by atoms with Crippen LogP contribution in [-0.2, 0) is 6.42 Å². The van der Waals surface area contributed by atoms with Gasteiger partial charge in [-0.3, -0.25) is 19.9 Å². The van der Waals surface area contributed by atoms with Gasteiger partial charge in [-0.15, -0.1) is 11.3 Å². The number of likely N-dealkylation sites (tertiary alicyclic amines) is 1. The van der Waals surface area contributed by atoms with Crippen LogP contribution in [0.2, 0.25) is 0 Å². The number of carbonyl (C=O) groups is 1. The topological polar surface area (TPSA) is 79.6 Å². The van der Waals surface area contributed by atoms with Crippen LogP contribution < -0.4 is 0 Å². The van der Waals surface area contributed by atoms with Crippen molar-refractivity contribution in [3.05, 3.63) is 68.5 Å². The van der Waals surface area contributed by atoms with Crippen LogP contribution in [0.5, 0.6) is 0 Å². The van der Waals surface area contributed by atoms with Gasteiger partial charge in [0.1, 0.15) is 5.82 Å². The van der Waals surface area contributed by atoms with Crippen molar-refractivity contribution in [1.29, 1.82) is 0 Å². The molecule has 1 aliphatic rings. The molecule has 0 aliphatic carbocycles. The van der Waals surface area contributed by atoms with Crippen molar-refractivity contribution in [3.8, 4) is 0 Å². The van der Waals surface area contributed by atoms with Crippen LogP contribution in [0.25, 0.3) is 10.2 Å². The van der Waals surface area contributed by atoms with Gasteiger partial charge in [-0.2, -0.15) is 0 Å². The molecule has 3 heterocycles. The molecule has 1 saturated heterocycles. The minimum atomic E-state index is -0.617. The number of non-ortho nitro benzene ring substituents is 1. The van der Waals surface area contributed by atoms with Gasteiger partial charge in [0.15, 0.2) is 0 Å². The monoisotopic (exact) mass is 428 g/mol. The summed E-state index contributed by atoms with van der Waals surface area (Å²) in [5.74, 6) is -0.622. The molecule has 1 aromatic carbocycles. The summed E-state index contributed by atoms with van der Waals surface area (Å²) in [6.07, 6.45) is 2.86. The number of halogens is 1. The maximum atomic E-state index is 14.4. The normalized spacial score (nSPS) is 16.5. The molecular formula is C21H21FN4O3S. The third-order valence-electron chi connectivity index (χ3n) is 5.51. The van der Waals surface area contributed by atoms with E-state index in [0.717, 1.165) is 29.3 Å². The summed E-state index contributed by atoms with van der Waals surface area (Å²) in [6, 6.07) is 7.63. The van der Waals surface area contributed by atoms with E-state index in [1.807, 2.05) is 19.0 Å². The van der Waals surface area contributed by atoms with Crippen molar-refractivity contribution < 1.29 is 14.1 Å². The highest BCUT2D eigenvalue weighted by molar-refractivity contribution is 7.21. The standard InChI is InChI=1S/C21H21FN4O3S/c1-24(2)16-6-8-25(12-16)21(27)19-11-18-20(30-19)14(5-7-23-18)9-13-3-4-15(26(28)29)10-17(13)22/h3-5,7,10-11,16H,6,8-9,12H2,1-2H3. The quantitative estimate of drug-likeness (QED) is 0.457. The molecule has 1 atom stereocenters. The van der Waals surface area contributed by atoms with E-state index in [0.29, 0.717) is 28.5 Å². The van der Waals surface area contributed by atoms with E-state index in [1.165, 1.54) is 23.5 Å². The summed E-state index contributed by atoms with van der Waals surface area (Å²) >= 11 is 1.36. The average Bonchev–Trinajstić information content (AvgIpc) is 3.36. The lowest BCUT2D eigenvalue weighted by molar-refractivity contribution is -0.385. The maximum Gasteiger partial charge on any atom is 0.272 e. The lowest BCUT2D eigenvalue weighted by Gasteiger charge is -2.19. The number of carbonyl (C=O) groups excluding carboxylic acids is 1. The summed E-state index contributed by atoms with van der Waals surface area (Å²) in [5, 5.41) is 10.8. The first-order valence-corrected chi connectivity index (χ1v) is 10.4. The Balaban J connectivity index is 1.60. The molecule has 9 heteroatoms. The molecular weight excluding hydrogens is 407 g/mol. The number of nitro benzene ring substituents is 1. The second-order valence-corrected chi connectivity index (χ2v) is 8.71. The van der Waals surface area contributed by atoms with E-state index in [-0.39, 0.29) is 18.0 Å². The van der Waals surface area contributed by atoms with Crippen LogP contribution in [0.1, 0.15) is 27.2 Å². The molecule has 1 fully saturated rings. The van der Waals surface area contributed by atoms with Crippen LogP contribution in [0.4, 0.5) is 10.1 Å². The van der Waals surface area contributed by atoms with Crippen molar-refractivity contribution in [2.75, 3.05) is 27.2 Å². The van der Waals surface area contributed by atoms with Crippen molar-refractivity contribution in [2.45, 2.75) is 18.9 Å². The Labute approximate surface area is 176 Å². The fourth-order valence-corrected chi connectivity index (χ4v) is 4.83. The summed E-state index contributed by atoms with van der Waals surface area (Å²) in [6.45, 7) is 1.43. The van der Waals surface area contributed by atoms with E-state index in [4.69, 9.17) is 0 Å². The van der Waals surface area contributed by atoms with Gasteiger partial charge < -0.3 is 9.80 Å². The minimum absolute atomic E-state index is 0.00480. The van der Waals surface area contributed by atoms with E-state index < -0.39 is 10.7 Å². The predicted octanol–water partition coefficient (Wildman–Crippen LogP) is 3.71. The molecule has 1 unspecified atom stereocenters. The SMILES string of the molecule is CN(C)C1CCN(C(=O)c2cc3nccc(Cc4ccc([N+](=O)[O-])cc4F)c3s2)C1. The number of aromatic nitrogens is 1. The zero-order chi connectivity index (χ0) is 21.4. The number of pyridine rings is 1. The van der Waals surface area contributed by atoms with Crippen LogP contribution in [0.15, 0.2) is 36.5 Å². The molecule has 0 saturated carbocycles. The van der Waals surface area contributed by atoms with Gasteiger partial charge in [-0.25, -0.2) is 4.39 Å². The highest BCUT2D eigenvalue weighted by Crippen LogP contribution is 2.31. The van der Waals surface area contributed by atoms with Crippen LogP contribution >= 0.6 is 11.3 Å². The molecule has 30 heavy (non-hydrogen) atoms. The molecule has 0 N–H and O–H groups in total. The number of hydrogen-bond donors (Lipinski definition) is 0. The highest BCUT2D eigenvalue weighted by atomic mass is 32.1. The van der Waals surface area contributed by atoms with E-state index in [2.05, 4.69) is 9.88 Å². The van der Waals surface area contributed by atoms with Crippen molar-refractivity contribution in [3.63, 3.8) is 0 Å². The molecule has 0 bridgehead atoms. The van der Waals surface area contributed by atoms with Crippen molar-refractivity contribution in [2.24, 2.45) is 0 Å². The fraction of sp³-hybridized carbons (Fsp3) is 0.333. The molecule has 0 radical (unpaired) electrons. The van der Waals surface area contributed by atoms with Gasteiger partial charge in [0.25, 0.3) is 11.6 Å². The zero-order valence-electron chi connectivity index (χ0n) is 16.7. The Hall–Kier alpha value is -2.91. The third kappa shape index (κ3) is 3.90. The smallest absolute Gasteiger partial charge is 0.272 e. The Kier molecular flexibility index (Phi) is 5.48. The van der Waals surface area contributed by atoms with Crippen LogP contribution in [0, 0.1) is 15.9 Å². The van der Waals surface area contributed by atoms with E-state index >= 15 is 0 Å². The van der Waals surface area contributed by atoms with Gasteiger partial charge in [0, 0.05) is 37.8 Å². The first-order chi connectivity index (χ1) is 14.3. The fourth-order valence-electron chi connectivity index (χ4n) is 3.74. The Morgan fingerprint density at radius 2 is 2.13 bits per heavy atom. The number of amides is 1. The van der Waals surface area contributed by atoms with Gasteiger partial charge in [0.05, 0.1) is 26.1 Å². The van der Waals surface area contributed by atoms with Gasteiger partial charge >= 0.3 is 0 Å². The van der Waals surface area contributed by atoms with Gasteiger partial charge in [-0.05, 0) is 49.8 Å². The average molecular weight is 428 g/mol. The number of rotatable bonds is 5. The lowest BCUT2D eigenvalue weighted by Crippen LogP contribution is -2.34. The van der Waals surface area contributed by atoms with E-state index in [9.17, 15) is 19.3 Å². The number of nitrogens with zero attached hydrogens (tertiary/aromatic N) is 4. The summed E-state index contributed by atoms with van der Waals surface area (Å²) in [7, 11) is 4.04. The number of hydrogen-bond acceptors (Lipinski definition) is 6. The zero-order valence-corrected chi connectivity index (χ0v) is 17.5. The second-order valence-electron chi connectivity index (χ2n) is 7.66. The summed E-state index contributed by atoms with van der Waals surface area (Å²) < 4.78 is 15.2. The molecule has 1 aliphatic heterocycles. The van der Waals surface area contributed by atoms with Crippen LogP contribution in [-0.4, -0.2) is 58.8 Å².